The highest BCUT2D eigenvalue weighted by atomic mass is 32.2. The van der Waals surface area contributed by atoms with Crippen LogP contribution >= 0.6 is 0 Å². The molecule has 0 spiro atoms. The van der Waals surface area contributed by atoms with Gasteiger partial charge in [0.15, 0.2) is 0 Å². The summed E-state index contributed by atoms with van der Waals surface area (Å²) in [6.07, 6.45) is 0. The van der Waals surface area contributed by atoms with Crippen LogP contribution in [0.5, 0.6) is 0 Å². The number of nitro benzene ring substituents is 1. The van der Waals surface area contributed by atoms with Gasteiger partial charge in [0.25, 0.3) is 5.69 Å². The molecule has 0 heterocycles. The molecule has 0 amide bonds. The van der Waals surface area contributed by atoms with Crippen molar-refractivity contribution in [2.45, 2.75) is 14.7 Å². The Morgan fingerprint density at radius 3 is 1.39 bits per heavy atom. The Bertz CT molecular complexity index is 1230. The van der Waals surface area contributed by atoms with Gasteiger partial charge in [-0.25, -0.2) is 25.3 Å². The van der Waals surface area contributed by atoms with Crippen molar-refractivity contribution in [2.24, 2.45) is 0 Å². The largest absolute Gasteiger partial charge is 0.744 e. The van der Waals surface area contributed by atoms with E-state index in [1.807, 2.05) is 0 Å². The number of nitro groups is 1. The first kappa shape index (κ1) is 27.9. The quantitative estimate of drug-likeness (QED) is 0.319. The molecule has 2 aromatic carbocycles. The van der Waals surface area contributed by atoms with E-state index in [0.29, 0.717) is 12.1 Å². The molecule has 160 valence electrons. The Kier molecular flexibility index (Phi) is 8.36. The number of hydrogen-bond donors (Lipinski definition) is 3. The van der Waals surface area contributed by atoms with E-state index in [1.54, 1.807) is 0 Å². The summed E-state index contributed by atoms with van der Waals surface area (Å²) in [6, 6.07) is 1.21. The summed E-state index contributed by atoms with van der Waals surface area (Å²) in [5.74, 6) is 0. The van der Waals surface area contributed by atoms with E-state index in [4.69, 9.17) is 0 Å². The van der Waals surface area contributed by atoms with Crippen molar-refractivity contribution >= 4 is 46.8 Å². The number of nitrogens with zero attached hydrogens (tertiary/aromatic N) is 1. The fourth-order valence-electron chi connectivity index (χ4n) is 2.03. The van der Waals surface area contributed by atoms with Gasteiger partial charge in [0.2, 0.25) is 0 Å². The van der Waals surface area contributed by atoms with Gasteiger partial charge in [-0.1, -0.05) is 0 Å². The van der Waals surface area contributed by atoms with Crippen molar-refractivity contribution in [1.82, 2.24) is 18.5 Å². The van der Waals surface area contributed by atoms with E-state index in [-0.39, 0.29) is 30.6 Å². The van der Waals surface area contributed by atoms with Crippen molar-refractivity contribution in [3.05, 3.63) is 34.4 Å². The number of benzene rings is 2. The number of fused-ring (bicyclic) bond motifs is 1. The first-order valence-corrected chi connectivity index (χ1v) is 9.99. The lowest BCUT2D eigenvalue weighted by Crippen LogP contribution is -2.07. The summed E-state index contributed by atoms with van der Waals surface area (Å²) in [6.45, 7) is 0. The van der Waals surface area contributed by atoms with Crippen LogP contribution in [0.4, 0.5) is 5.69 Å². The van der Waals surface area contributed by atoms with Gasteiger partial charge in [-0.2, -0.15) is 0 Å². The second-order valence-electron chi connectivity index (χ2n) is 4.58. The maximum atomic E-state index is 11.3. The van der Waals surface area contributed by atoms with Gasteiger partial charge in [-0.05, 0) is 23.6 Å². The average Bonchev–Trinajstić information content (AvgIpc) is 2.41. The average molecular weight is 464 g/mol. The SMILES string of the molecule is O=[N+]([O-])c1cc(S(=O)(=O)[O-])cc2cc(S(=O)(=O)[O-])cc(S(=O)(=O)[O-])c12.[NH4+].[NH4+].[NH4+]. The Balaban J connectivity index is 0. The molecule has 0 aliphatic rings. The molecule has 0 aromatic heterocycles. The molecule has 28 heavy (non-hydrogen) atoms. The molecular formula is C10H16N4O11S3. The molecule has 0 bridgehead atoms. The predicted molar refractivity (Wildman–Crippen MR) is 92.4 cm³/mol. The summed E-state index contributed by atoms with van der Waals surface area (Å²) in [5.41, 5.74) is -1.24. The van der Waals surface area contributed by atoms with Crippen LogP contribution in [0.1, 0.15) is 0 Å². The maximum Gasteiger partial charge on any atom is 0.279 e. The van der Waals surface area contributed by atoms with Crippen molar-refractivity contribution in [3.63, 3.8) is 0 Å². The fourth-order valence-corrected chi connectivity index (χ4v) is 3.91. The zero-order chi connectivity index (χ0) is 19.4. The minimum absolute atomic E-state index is 0. The van der Waals surface area contributed by atoms with Crippen LogP contribution in [0.25, 0.3) is 10.8 Å². The molecule has 0 fully saturated rings. The van der Waals surface area contributed by atoms with E-state index in [2.05, 4.69) is 0 Å². The fraction of sp³-hybridized carbons (Fsp3) is 0. The molecular weight excluding hydrogens is 448 g/mol. The number of hydrogen-bond acceptors (Lipinski definition) is 11. The van der Waals surface area contributed by atoms with Gasteiger partial charge in [0.05, 0.1) is 25.0 Å². The molecule has 0 saturated carbocycles. The lowest BCUT2D eigenvalue weighted by atomic mass is 10.1. The van der Waals surface area contributed by atoms with Crippen molar-refractivity contribution in [1.29, 1.82) is 0 Å². The summed E-state index contributed by atoms with van der Waals surface area (Å²) >= 11 is 0. The Morgan fingerprint density at radius 1 is 0.679 bits per heavy atom. The van der Waals surface area contributed by atoms with E-state index in [0.717, 1.165) is 0 Å². The third-order valence-corrected chi connectivity index (χ3v) is 5.47. The highest BCUT2D eigenvalue weighted by Gasteiger charge is 2.23. The number of non-ortho nitro benzene ring substituents is 1. The lowest BCUT2D eigenvalue weighted by molar-refractivity contribution is -0.383. The minimum Gasteiger partial charge on any atom is -0.744 e. The van der Waals surface area contributed by atoms with Gasteiger partial charge in [0.1, 0.15) is 30.4 Å². The summed E-state index contributed by atoms with van der Waals surface area (Å²) in [5, 5.41) is 9.39. The second kappa shape index (κ2) is 8.38. The highest BCUT2D eigenvalue weighted by Crippen LogP contribution is 2.36. The summed E-state index contributed by atoms with van der Waals surface area (Å²) < 4.78 is 100. The molecule has 15 nitrogen and oxygen atoms in total. The van der Waals surface area contributed by atoms with E-state index in [9.17, 15) is 49.0 Å². The molecule has 18 heteroatoms. The van der Waals surface area contributed by atoms with Crippen molar-refractivity contribution < 1.29 is 43.8 Å². The zero-order valence-corrected chi connectivity index (χ0v) is 16.9. The van der Waals surface area contributed by atoms with Crippen LogP contribution < -0.4 is 18.5 Å². The van der Waals surface area contributed by atoms with Crippen LogP contribution in [0.15, 0.2) is 39.0 Å². The van der Waals surface area contributed by atoms with Crippen LogP contribution in [0.2, 0.25) is 0 Å². The normalized spacial score (nSPS) is 11.7. The smallest absolute Gasteiger partial charge is 0.279 e. The maximum absolute atomic E-state index is 11.3. The molecule has 0 saturated heterocycles. The molecule has 0 atom stereocenters. The Labute approximate surface area is 158 Å². The highest BCUT2D eigenvalue weighted by molar-refractivity contribution is 7.87. The molecule has 0 unspecified atom stereocenters. The topological polar surface area (TPSA) is 324 Å². The van der Waals surface area contributed by atoms with Crippen LogP contribution in [0.3, 0.4) is 0 Å². The molecule has 2 aromatic rings. The first-order chi connectivity index (χ1) is 11.1. The molecule has 0 aliphatic carbocycles. The van der Waals surface area contributed by atoms with Gasteiger partial charge in [-0.15, -0.1) is 0 Å². The number of rotatable bonds is 4. The predicted octanol–water partition coefficient (Wildman–Crippen LogP) is 0.589. The minimum atomic E-state index is -5.50. The van der Waals surface area contributed by atoms with Gasteiger partial charge >= 0.3 is 0 Å². The molecule has 0 radical (unpaired) electrons. The van der Waals surface area contributed by atoms with Crippen molar-refractivity contribution in [3.8, 4) is 0 Å². The Hall–Kier alpha value is -2.29. The van der Waals surface area contributed by atoms with Crippen LogP contribution in [-0.2, 0) is 30.4 Å². The second-order valence-corrected chi connectivity index (χ2v) is 8.69. The lowest BCUT2D eigenvalue weighted by Gasteiger charge is -2.16. The molecule has 0 aliphatic heterocycles. The van der Waals surface area contributed by atoms with Crippen LogP contribution in [0, 0.1) is 10.1 Å². The summed E-state index contributed by atoms with van der Waals surface area (Å²) in [7, 11) is -16.1. The van der Waals surface area contributed by atoms with E-state index < -0.39 is 66.4 Å². The van der Waals surface area contributed by atoms with Gasteiger partial charge in [0, 0.05) is 6.07 Å². The number of quaternary nitrogens is 3. The summed E-state index contributed by atoms with van der Waals surface area (Å²) in [4.78, 5) is 5.98. The van der Waals surface area contributed by atoms with Gasteiger partial charge < -0.3 is 32.1 Å². The van der Waals surface area contributed by atoms with E-state index in [1.165, 1.54) is 0 Å². The van der Waals surface area contributed by atoms with Crippen molar-refractivity contribution in [2.75, 3.05) is 0 Å². The van der Waals surface area contributed by atoms with E-state index >= 15 is 0 Å². The molecule has 2 rings (SSSR count). The Morgan fingerprint density at radius 2 is 1.07 bits per heavy atom. The standard InChI is InChI=1S/C10H7NO11S3.3H3N/c12-11(13)8-3-6(23(14,15)16)1-5-2-7(24(17,18)19)4-9(10(5)8)25(20,21)22;;;/h1-4H,(H,14,15,16)(H,17,18,19)(H,20,21,22);3*1H3. The van der Waals surface area contributed by atoms with Gasteiger partial charge in [-0.3, -0.25) is 10.1 Å². The monoisotopic (exact) mass is 464 g/mol. The first-order valence-electron chi connectivity index (χ1n) is 5.76. The molecule has 12 N–H and O–H groups in total. The van der Waals surface area contributed by atoms with Crippen LogP contribution in [-0.4, -0.2) is 43.8 Å². The third kappa shape index (κ3) is 5.37. The zero-order valence-electron chi connectivity index (χ0n) is 14.5. The third-order valence-electron chi connectivity index (χ3n) is 2.98.